The summed E-state index contributed by atoms with van der Waals surface area (Å²) in [5.74, 6) is 0.897. The van der Waals surface area contributed by atoms with Crippen molar-refractivity contribution in [3.05, 3.63) is 61.2 Å². The highest BCUT2D eigenvalue weighted by molar-refractivity contribution is 7.89. The normalized spacial score (nSPS) is 14.4. The Morgan fingerprint density at radius 3 is 2.44 bits per heavy atom. The summed E-state index contributed by atoms with van der Waals surface area (Å²) in [5.41, 5.74) is 3.80. The zero-order valence-corrected chi connectivity index (χ0v) is 17.5. The molecule has 0 saturated carbocycles. The first-order valence-electron chi connectivity index (χ1n) is 9.86. The molecule has 32 heavy (non-hydrogen) atoms. The van der Waals surface area contributed by atoms with Gasteiger partial charge in [-0.05, 0) is 35.9 Å². The fourth-order valence-corrected chi connectivity index (χ4v) is 4.47. The quantitative estimate of drug-likeness (QED) is 0.489. The molecule has 0 bridgehead atoms. The second kappa shape index (κ2) is 8.56. The molecule has 2 aromatic heterocycles. The number of rotatable bonds is 4. The molecule has 4 aromatic rings. The average molecular weight is 452 g/mol. The number of hydrogen-bond acceptors (Lipinski definition) is 7. The van der Waals surface area contributed by atoms with Crippen molar-refractivity contribution in [2.75, 3.05) is 36.0 Å². The number of hydrogen-bond donors (Lipinski definition) is 2. The van der Waals surface area contributed by atoms with Gasteiger partial charge in [-0.2, -0.15) is 5.10 Å². The third kappa shape index (κ3) is 4.14. The molecule has 166 valence electrons. The molecule has 10 heteroatoms. The highest BCUT2D eigenvalue weighted by atomic mass is 32.2. The van der Waals surface area contributed by atoms with Crippen LogP contribution in [0.4, 0.5) is 11.5 Å². The second-order valence-corrected chi connectivity index (χ2v) is 8.99. The van der Waals surface area contributed by atoms with Crippen molar-refractivity contribution in [1.82, 2.24) is 20.2 Å². The Morgan fingerprint density at radius 1 is 0.938 bits per heavy atom. The summed E-state index contributed by atoms with van der Waals surface area (Å²) in [7, 11) is -3.73. The second-order valence-electron chi connectivity index (χ2n) is 7.43. The number of aromatic nitrogens is 4. The van der Waals surface area contributed by atoms with E-state index in [1.807, 2.05) is 24.4 Å². The molecular weight excluding hydrogens is 426 g/mol. The Labute approximate surface area is 187 Å². The molecular formula is C22H25N7O2S. The van der Waals surface area contributed by atoms with Crippen LogP contribution in [0, 0.1) is 0 Å². The van der Waals surface area contributed by atoms with Crippen LogP contribution in [0.15, 0.2) is 66.1 Å². The number of H-pyrrole nitrogens is 1. The fraction of sp³-hybridized carbons (Fsp3) is 0.227. The molecule has 0 unspecified atom stereocenters. The van der Waals surface area contributed by atoms with Gasteiger partial charge in [0.2, 0.25) is 10.0 Å². The van der Waals surface area contributed by atoms with Gasteiger partial charge < -0.3 is 9.80 Å². The first-order chi connectivity index (χ1) is 15.0. The van der Waals surface area contributed by atoms with Crippen LogP contribution in [0.3, 0.4) is 0 Å². The van der Waals surface area contributed by atoms with Crippen LogP contribution in [0.25, 0.3) is 22.0 Å². The lowest BCUT2D eigenvalue weighted by molar-refractivity contribution is 0.597. The monoisotopic (exact) mass is 451 g/mol. The molecule has 9 nitrogen and oxygen atoms in total. The zero-order valence-electron chi connectivity index (χ0n) is 16.6. The van der Waals surface area contributed by atoms with Gasteiger partial charge in [0.15, 0.2) is 0 Å². The van der Waals surface area contributed by atoms with Crippen LogP contribution in [0.1, 0.15) is 7.43 Å². The van der Waals surface area contributed by atoms with Crippen LogP contribution in [0.2, 0.25) is 0 Å². The number of primary sulfonamides is 1. The summed E-state index contributed by atoms with van der Waals surface area (Å²) >= 11 is 0. The van der Waals surface area contributed by atoms with E-state index in [-0.39, 0.29) is 12.3 Å². The average Bonchev–Trinajstić information content (AvgIpc) is 3.33. The maximum absolute atomic E-state index is 11.7. The number of nitrogens with one attached hydrogen (secondary N) is 1. The first kappa shape index (κ1) is 21.7. The molecule has 1 aliphatic rings. The molecule has 0 aliphatic carbocycles. The standard InChI is InChI=1S/C21H21N7O2S.CH4/c22-31(29,30)18-3-1-2-17(11-18)27-6-8-28(9-7-27)21-19-10-15(16-12-25-26-13-16)4-5-20(19)23-14-24-21;/h1-5,10-14H,6-9H2,(H,25,26)(H2,22,29,30);1H4. The van der Waals surface area contributed by atoms with Gasteiger partial charge in [-0.1, -0.05) is 19.6 Å². The Bertz CT molecular complexity index is 1330. The van der Waals surface area contributed by atoms with E-state index >= 15 is 0 Å². The number of anilines is 2. The minimum Gasteiger partial charge on any atom is -0.368 e. The third-order valence-corrected chi connectivity index (χ3v) is 6.45. The van der Waals surface area contributed by atoms with Gasteiger partial charge in [-0.3, -0.25) is 5.10 Å². The lowest BCUT2D eigenvalue weighted by Crippen LogP contribution is -2.47. The molecule has 0 atom stereocenters. The molecule has 1 saturated heterocycles. The highest BCUT2D eigenvalue weighted by Crippen LogP contribution is 2.29. The lowest BCUT2D eigenvalue weighted by Gasteiger charge is -2.37. The largest absolute Gasteiger partial charge is 0.368 e. The van der Waals surface area contributed by atoms with Gasteiger partial charge in [0.1, 0.15) is 12.1 Å². The van der Waals surface area contributed by atoms with Crippen molar-refractivity contribution in [3.63, 3.8) is 0 Å². The summed E-state index contributed by atoms with van der Waals surface area (Å²) < 4.78 is 23.3. The van der Waals surface area contributed by atoms with Crippen molar-refractivity contribution in [2.45, 2.75) is 12.3 Å². The van der Waals surface area contributed by atoms with Gasteiger partial charge in [0, 0.05) is 49.0 Å². The Kier molecular flexibility index (Phi) is 5.81. The Balaban J connectivity index is 0.00000245. The van der Waals surface area contributed by atoms with E-state index in [1.165, 1.54) is 6.07 Å². The first-order valence-corrected chi connectivity index (χ1v) is 11.4. The number of nitrogens with two attached hydrogens (primary N) is 1. The van der Waals surface area contributed by atoms with E-state index in [0.29, 0.717) is 0 Å². The van der Waals surface area contributed by atoms with Gasteiger partial charge in [-0.25, -0.2) is 23.5 Å². The lowest BCUT2D eigenvalue weighted by atomic mass is 10.1. The van der Waals surface area contributed by atoms with E-state index in [2.05, 4.69) is 36.0 Å². The molecule has 5 rings (SSSR count). The van der Waals surface area contributed by atoms with E-state index in [1.54, 1.807) is 24.7 Å². The van der Waals surface area contributed by atoms with Crippen molar-refractivity contribution >= 4 is 32.4 Å². The van der Waals surface area contributed by atoms with Crippen LogP contribution in [0.5, 0.6) is 0 Å². The Morgan fingerprint density at radius 2 is 1.72 bits per heavy atom. The summed E-state index contributed by atoms with van der Waals surface area (Å²) in [4.78, 5) is 13.5. The minimum atomic E-state index is -3.73. The zero-order chi connectivity index (χ0) is 21.4. The number of benzene rings is 2. The van der Waals surface area contributed by atoms with Crippen molar-refractivity contribution < 1.29 is 8.42 Å². The summed E-state index contributed by atoms with van der Waals surface area (Å²) in [6, 6.07) is 12.9. The van der Waals surface area contributed by atoms with Gasteiger partial charge >= 0.3 is 0 Å². The summed E-state index contributed by atoms with van der Waals surface area (Å²) in [5, 5.41) is 13.1. The van der Waals surface area contributed by atoms with E-state index in [0.717, 1.165) is 59.7 Å². The topological polar surface area (TPSA) is 121 Å². The molecule has 1 fully saturated rings. The molecule has 1 aliphatic heterocycles. The smallest absolute Gasteiger partial charge is 0.238 e. The van der Waals surface area contributed by atoms with Crippen LogP contribution in [-0.4, -0.2) is 54.8 Å². The Hall–Kier alpha value is -3.50. The SMILES string of the molecule is C.NS(=O)(=O)c1cccc(N2CCN(c3ncnc4ccc(-c5cn[nH]c5)cc34)CC2)c1. The van der Waals surface area contributed by atoms with Crippen molar-refractivity contribution in [3.8, 4) is 11.1 Å². The summed E-state index contributed by atoms with van der Waals surface area (Å²) in [6.07, 6.45) is 5.25. The molecule has 3 heterocycles. The fourth-order valence-electron chi connectivity index (χ4n) is 3.92. The minimum absolute atomic E-state index is 0. The van der Waals surface area contributed by atoms with Gasteiger partial charge in [0.05, 0.1) is 16.6 Å². The van der Waals surface area contributed by atoms with Crippen molar-refractivity contribution in [2.24, 2.45) is 5.14 Å². The third-order valence-electron chi connectivity index (χ3n) is 5.54. The van der Waals surface area contributed by atoms with E-state index in [9.17, 15) is 8.42 Å². The van der Waals surface area contributed by atoms with E-state index < -0.39 is 10.0 Å². The number of sulfonamides is 1. The molecule has 2 aromatic carbocycles. The molecule has 0 radical (unpaired) electrons. The van der Waals surface area contributed by atoms with Crippen molar-refractivity contribution in [1.29, 1.82) is 0 Å². The van der Waals surface area contributed by atoms with Crippen LogP contribution in [-0.2, 0) is 10.0 Å². The molecule has 0 amide bonds. The van der Waals surface area contributed by atoms with Crippen LogP contribution >= 0.6 is 0 Å². The number of nitrogens with zero attached hydrogens (tertiary/aromatic N) is 5. The predicted molar refractivity (Wildman–Crippen MR) is 126 cm³/mol. The maximum Gasteiger partial charge on any atom is 0.238 e. The number of piperazine rings is 1. The van der Waals surface area contributed by atoms with Gasteiger partial charge in [-0.15, -0.1) is 0 Å². The summed E-state index contributed by atoms with van der Waals surface area (Å²) in [6.45, 7) is 2.98. The molecule has 0 spiro atoms. The van der Waals surface area contributed by atoms with Gasteiger partial charge in [0.25, 0.3) is 0 Å². The molecule has 3 N–H and O–H groups in total. The maximum atomic E-state index is 11.7. The predicted octanol–water partition coefficient (Wildman–Crippen LogP) is 2.63. The van der Waals surface area contributed by atoms with E-state index in [4.69, 9.17) is 5.14 Å². The highest BCUT2D eigenvalue weighted by Gasteiger charge is 2.21. The van der Waals surface area contributed by atoms with Crippen LogP contribution < -0.4 is 14.9 Å². The number of fused-ring (bicyclic) bond motifs is 1. The number of aromatic amines is 1.